The van der Waals surface area contributed by atoms with E-state index in [9.17, 15) is 44.7 Å². The average Bonchev–Trinajstić information content (AvgIpc) is 2.68. The Labute approximate surface area is 163 Å². The first-order valence-electron chi connectivity index (χ1n) is 8.07. The molecule has 0 N–H and O–H groups in total. The molecule has 0 fully saturated rings. The Hall–Kier alpha value is -3.18. The fourth-order valence-corrected chi connectivity index (χ4v) is 2.47. The maximum absolute atomic E-state index is 14.3. The molecular formula is C18H10F8O4. The molecule has 0 amide bonds. The summed E-state index contributed by atoms with van der Waals surface area (Å²) in [5, 5.41) is 0. The van der Waals surface area contributed by atoms with E-state index >= 15 is 0 Å². The Kier molecular flexibility index (Phi) is 6.68. The first-order chi connectivity index (χ1) is 14.0. The van der Waals surface area contributed by atoms with Crippen molar-refractivity contribution in [1.82, 2.24) is 0 Å². The van der Waals surface area contributed by atoms with Gasteiger partial charge in [0.05, 0.1) is 24.3 Å². The molecule has 2 aromatic rings. The van der Waals surface area contributed by atoms with Gasteiger partial charge in [0.25, 0.3) is 0 Å². The second-order valence-corrected chi connectivity index (χ2v) is 5.45. The smallest absolute Gasteiger partial charge is 0.344 e. The van der Waals surface area contributed by atoms with E-state index in [1.165, 1.54) is 13.8 Å². The largest absolute Gasteiger partial charge is 0.462 e. The van der Waals surface area contributed by atoms with Gasteiger partial charge in [0.1, 0.15) is 11.1 Å². The van der Waals surface area contributed by atoms with Gasteiger partial charge in [-0.15, -0.1) is 0 Å². The Morgan fingerprint density at radius 3 is 0.967 bits per heavy atom. The zero-order valence-electron chi connectivity index (χ0n) is 15.1. The van der Waals surface area contributed by atoms with Gasteiger partial charge in [0.15, 0.2) is 46.5 Å². The van der Waals surface area contributed by atoms with Crippen LogP contribution in [0.2, 0.25) is 0 Å². The zero-order chi connectivity index (χ0) is 22.9. The molecule has 0 heterocycles. The molecule has 0 aliphatic heterocycles. The van der Waals surface area contributed by atoms with Crippen LogP contribution in [0.15, 0.2) is 0 Å². The van der Waals surface area contributed by atoms with Gasteiger partial charge in [0, 0.05) is 0 Å². The van der Waals surface area contributed by atoms with E-state index in [2.05, 4.69) is 9.47 Å². The van der Waals surface area contributed by atoms with E-state index in [4.69, 9.17) is 0 Å². The van der Waals surface area contributed by atoms with E-state index in [1.807, 2.05) is 0 Å². The summed E-state index contributed by atoms with van der Waals surface area (Å²) >= 11 is 0. The highest BCUT2D eigenvalue weighted by Crippen LogP contribution is 2.38. The van der Waals surface area contributed by atoms with Crippen LogP contribution >= 0.6 is 0 Å². The number of carbonyl (C=O) groups excluding carboxylic acids is 2. The molecule has 0 saturated carbocycles. The number of halogens is 8. The van der Waals surface area contributed by atoms with Crippen molar-refractivity contribution in [2.45, 2.75) is 13.8 Å². The quantitative estimate of drug-likeness (QED) is 0.379. The maximum Gasteiger partial charge on any atom is 0.344 e. The number of hydrogen-bond donors (Lipinski definition) is 0. The molecule has 12 heteroatoms. The van der Waals surface area contributed by atoms with Crippen molar-refractivity contribution in [2.24, 2.45) is 0 Å². The number of rotatable bonds is 5. The molecular weight excluding hydrogens is 432 g/mol. The predicted octanol–water partition coefficient (Wildman–Crippen LogP) is 4.82. The van der Waals surface area contributed by atoms with Crippen molar-refractivity contribution in [2.75, 3.05) is 13.2 Å². The van der Waals surface area contributed by atoms with Crippen molar-refractivity contribution in [3.63, 3.8) is 0 Å². The molecule has 0 atom stereocenters. The molecule has 4 nitrogen and oxygen atoms in total. The first-order valence-corrected chi connectivity index (χ1v) is 8.07. The van der Waals surface area contributed by atoms with Gasteiger partial charge in [-0.3, -0.25) is 0 Å². The highest BCUT2D eigenvalue weighted by Gasteiger charge is 2.37. The lowest BCUT2D eigenvalue weighted by molar-refractivity contribution is 0.0502. The molecule has 162 valence electrons. The van der Waals surface area contributed by atoms with Crippen LogP contribution in [-0.2, 0) is 9.47 Å². The molecule has 0 aliphatic rings. The van der Waals surface area contributed by atoms with Crippen LogP contribution in [0.5, 0.6) is 0 Å². The zero-order valence-corrected chi connectivity index (χ0v) is 15.1. The lowest BCUT2D eigenvalue weighted by atomic mass is 9.97. The van der Waals surface area contributed by atoms with Gasteiger partial charge in [-0.05, 0) is 13.8 Å². The van der Waals surface area contributed by atoms with Crippen LogP contribution in [0.3, 0.4) is 0 Å². The van der Waals surface area contributed by atoms with Gasteiger partial charge in [0.2, 0.25) is 0 Å². The second-order valence-electron chi connectivity index (χ2n) is 5.45. The summed E-state index contributed by atoms with van der Waals surface area (Å²) in [5.41, 5.74) is -8.08. The minimum atomic E-state index is -2.53. The van der Waals surface area contributed by atoms with Gasteiger partial charge < -0.3 is 9.47 Å². The summed E-state index contributed by atoms with van der Waals surface area (Å²) in [4.78, 5) is 23.0. The first kappa shape index (κ1) is 23.1. The van der Waals surface area contributed by atoms with Crippen molar-refractivity contribution in [3.8, 4) is 11.1 Å². The fraction of sp³-hybridized carbons (Fsp3) is 0.222. The number of hydrogen-bond acceptors (Lipinski definition) is 4. The molecule has 0 unspecified atom stereocenters. The Bertz CT molecular complexity index is 910. The molecule has 30 heavy (non-hydrogen) atoms. The normalized spacial score (nSPS) is 10.9. The third kappa shape index (κ3) is 3.57. The topological polar surface area (TPSA) is 52.6 Å². The summed E-state index contributed by atoms with van der Waals surface area (Å²) in [6.07, 6.45) is 0. The molecule has 0 saturated heterocycles. The van der Waals surface area contributed by atoms with E-state index in [0.717, 1.165) is 0 Å². The SMILES string of the molecule is CCOC(=O)c1c(F)c(F)c(-c2c(F)c(F)c(C(=O)OCC)c(F)c2F)c(F)c1F. The lowest BCUT2D eigenvalue weighted by Gasteiger charge is -2.15. The van der Waals surface area contributed by atoms with E-state index in [0.29, 0.717) is 0 Å². The van der Waals surface area contributed by atoms with Gasteiger partial charge in [-0.25, -0.2) is 44.7 Å². The van der Waals surface area contributed by atoms with E-state index in [-0.39, 0.29) is 0 Å². The number of esters is 2. The number of carbonyl (C=O) groups is 2. The van der Waals surface area contributed by atoms with Crippen LogP contribution < -0.4 is 0 Å². The summed E-state index contributed by atoms with van der Waals surface area (Å²) in [6.45, 7) is 1.52. The molecule has 2 rings (SSSR count). The van der Waals surface area contributed by atoms with E-state index in [1.54, 1.807) is 0 Å². The van der Waals surface area contributed by atoms with Gasteiger partial charge in [-0.1, -0.05) is 0 Å². The Morgan fingerprint density at radius 2 is 0.767 bits per heavy atom. The standard InChI is InChI=1S/C18H10F8O4/c1-3-29-17(27)7-13(23)9(19)5(10(20)14(7)24)6-11(21)15(25)8(16(26)12(6)22)18(28)30-4-2/h3-4H2,1-2H3. The monoisotopic (exact) mass is 442 g/mol. The number of benzene rings is 2. The van der Waals surface area contributed by atoms with Gasteiger partial charge in [-0.2, -0.15) is 0 Å². The van der Waals surface area contributed by atoms with Crippen LogP contribution in [0.25, 0.3) is 11.1 Å². The van der Waals surface area contributed by atoms with Crippen LogP contribution in [0.1, 0.15) is 34.6 Å². The summed E-state index contributed by atoms with van der Waals surface area (Å²) in [7, 11) is 0. The molecule has 2 aromatic carbocycles. The van der Waals surface area contributed by atoms with Crippen LogP contribution in [0, 0.1) is 46.5 Å². The van der Waals surface area contributed by atoms with E-state index < -0.39 is 93.9 Å². The molecule has 0 bridgehead atoms. The molecule has 0 aromatic heterocycles. The van der Waals surface area contributed by atoms with Crippen molar-refractivity contribution >= 4 is 11.9 Å². The van der Waals surface area contributed by atoms with Crippen LogP contribution in [-0.4, -0.2) is 25.2 Å². The predicted molar refractivity (Wildman–Crippen MR) is 83.5 cm³/mol. The summed E-state index contributed by atoms with van der Waals surface area (Å²) < 4.78 is 122. The second kappa shape index (κ2) is 8.67. The molecule has 0 radical (unpaired) electrons. The van der Waals surface area contributed by atoms with Crippen LogP contribution in [0.4, 0.5) is 35.1 Å². The minimum Gasteiger partial charge on any atom is -0.462 e. The molecule has 0 spiro atoms. The fourth-order valence-electron chi connectivity index (χ4n) is 2.47. The highest BCUT2D eigenvalue weighted by molar-refractivity contribution is 5.92. The lowest BCUT2D eigenvalue weighted by Crippen LogP contribution is -2.17. The van der Waals surface area contributed by atoms with Crippen molar-refractivity contribution in [1.29, 1.82) is 0 Å². The Morgan fingerprint density at radius 1 is 0.533 bits per heavy atom. The average molecular weight is 442 g/mol. The number of ether oxygens (including phenoxy) is 2. The third-order valence-electron chi connectivity index (χ3n) is 3.74. The highest BCUT2D eigenvalue weighted by atomic mass is 19.2. The summed E-state index contributed by atoms with van der Waals surface area (Å²) in [6, 6.07) is 0. The van der Waals surface area contributed by atoms with Crippen molar-refractivity contribution < 1.29 is 54.2 Å². The third-order valence-corrected chi connectivity index (χ3v) is 3.74. The van der Waals surface area contributed by atoms with Gasteiger partial charge >= 0.3 is 11.9 Å². The summed E-state index contributed by atoms with van der Waals surface area (Å²) in [5.74, 6) is -23.5. The van der Waals surface area contributed by atoms with Crippen molar-refractivity contribution in [3.05, 3.63) is 57.7 Å². The Balaban J connectivity index is 2.90. The molecule has 0 aliphatic carbocycles. The maximum atomic E-state index is 14.3. The minimum absolute atomic E-state index is 0.447.